The van der Waals surface area contributed by atoms with Crippen molar-refractivity contribution >= 4 is 44.9 Å². The van der Waals surface area contributed by atoms with E-state index in [1.807, 2.05) is 31.1 Å². The summed E-state index contributed by atoms with van der Waals surface area (Å²) in [5.74, 6) is -1.31. The minimum atomic E-state index is -0.763. The molecule has 154 valence electrons. The zero-order chi connectivity index (χ0) is 20.8. The number of nitrogens with zero attached hydrogens (tertiary/aromatic N) is 2. The highest BCUT2D eigenvalue weighted by molar-refractivity contribution is 8.01. The van der Waals surface area contributed by atoms with Crippen molar-refractivity contribution in [3.05, 3.63) is 46.7 Å². The van der Waals surface area contributed by atoms with Crippen LogP contribution in [-0.4, -0.2) is 26.3 Å². The Kier molecular flexibility index (Phi) is 5.15. The van der Waals surface area contributed by atoms with Gasteiger partial charge in [0.15, 0.2) is 0 Å². The fourth-order valence-corrected chi connectivity index (χ4v) is 7.02. The Morgan fingerprint density at radius 2 is 2.23 bits per heavy atom. The van der Waals surface area contributed by atoms with Gasteiger partial charge in [0.25, 0.3) is 0 Å². The summed E-state index contributed by atoms with van der Waals surface area (Å²) in [5.41, 5.74) is 9.17. The average Bonchev–Trinajstić information content (AvgIpc) is 3.35. The molecule has 3 heterocycles. The molecular weight excluding hydrogens is 412 g/mol. The third-order valence-corrected chi connectivity index (χ3v) is 8.34. The molecule has 1 N–H and O–H groups in total. The quantitative estimate of drug-likeness (QED) is 0.483. The van der Waals surface area contributed by atoms with Crippen LogP contribution in [0, 0.1) is 6.92 Å². The topological polar surface area (TPSA) is 63.1 Å². The number of thiazole rings is 1. The number of fused-ring (bicyclic) bond motifs is 4. The van der Waals surface area contributed by atoms with Crippen LogP contribution in [-0.2, 0) is 4.79 Å². The van der Waals surface area contributed by atoms with Gasteiger partial charge in [0.2, 0.25) is 0 Å². The molecule has 5 rings (SSSR count). The van der Waals surface area contributed by atoms with Crippen LogP contribution in [0.4, 0.5) is 0 Å². The van der Waals surface area contributed by atoms with Crippen LogP contribution >= 0.6 is 23.1 Å². The predicted octanol–water partition coefficient (Wildman–Crippen LogP) is 6.68. The number of allylic oxidation sites excluding steroid dienone is 1. The molecule has 1 aliphatic heterocycles. The first kappa shape index (κ1) is 19.8. The van der Waals surface area contributed by atoms with Crippen LogP contribution in [0.2, 0.25) is 0 Å². The molecule has 2 atom stereocenters. The molecule has 2 unspecified atom stereocenters. The van der Waals surface area contributed by atoms with Gasteiger partial charge in [0, 0.05) is 21.4 Å². The SMILES string of the molecule is CCCC(C(=O)O)c1c(C)nc2c(c1-c1ccc3ncsc3c1)SC1CCCC=C21. The van der Waals surface area contributed by atoms with Crippen molar-refractivity contribution in [2.24, 2.45) is 0 Å². The standard InChI is InChI=1S/C24H24N2O2S2/c1-3-6-16(24(27)28)20-13(2)26-22-15-7-4-5-8-18(15)30-23(22)21(20)14-9-10-17-19(11-14)29-12-25-17/h7,9-12,16,18H,3-6,8H2,1-2H3,(H,27,28). The summed E-state index contributed by atoms with van der Waals surface area (Å²) in [7, 11) is 0. The molecule has 0 bridgehead atoms. The number of hydrogen-bond donors (Lipinski definition) is 1. The lowest BCUT2D eigenvalue weighted by Gasteiger charge is -2.21. The van der Waals surface area contributed by atoms with E-state index in [0.29, 0.717) is 11.7 Å². The number of thioether (sulfide) groups is 1. The predicted molar refractivity (Wildman–Crippen MR) is 124 cm³/mol. The third kappa shape index (κ3) is 3.17. The van der Waals surface area contributed by atoms with Crippen LogP contribution in [0.3, 0.4) is 0 Å². The monoisotopic (exact) mass is 436 g/mol. The number of carboxylic acid groups (broad SMARTS) is 1. The highest BCUT2D eigenvalue weighted by Crippen LogP contribution is 2.54. The number of aryl methyl sites for hydroxylation is 1. The molecule has 0 fully saturated rings. The average molecular weight is 437 g/mol. The number of aromatic nitrogens is 2. The minimum Gasteiger partial charge on any atom is -0.481 e. The van der Waals surface area contributed by atoms with Crippen LogP contribution < -0.4 is 0 Å². The second-order valence-electron chi connectivity index (χ2n) is 8.07. The fourth-order valence-electron chi connectivity index (χ4n) is 4.78. The van der Waals surface area contributed by atoms with Crippen molar-refractivity contribution in [1.82, 2.24) is 9.97 Å². The maximum absolute atomic E-state index is 12.3. The Morgan fingerprint density at radius 3 is 3.03 bits per heavy atom. The van der Waals surface area contributed by atoms with E-state index in [0.717, 1.165) is 57.6 Å². The highest BCUT2D eigenvalue weighted by Gasteiger charge is 2.37. The molecule has 1 aromatic carbocycles. The Bertz CT molecular complexity index is 1180. The second kappa shape index (κ2) is 7.82. The summed E-state index contributed by atoms with van der Waals surface area (Å²) in [6.45, 7) is 4.03. The number of pyridine rings is 1. The van der Waals surface area contributed by atoms with E-state index in [9.17, 15) is 9.90 Å². The molecule has 3 aromatic rings. The fraction of sp³-hybridized carbons (Fsp3) is 0.375. The summed E-state index contributed by atoms with van der Waals surface area (Å²) in [4.78, 5) is 22.9. The van der Waals surface area contributed by atoms with E-state index in [-0.39, 0.29) is 0 Å². The maximum Gasteiger partial charge on any atom is 0.311 e. The van der Waals surface area contributed by atoms with E-state index in [1.165, 1.54) is 16.9 Å². The molecular formula is C24H24N2O2S2. The second-order valence-corrected chi connectivity index (χ2v) is 10.2. The normalized spacial score (nSPS) is 18.7. The van der Waals surface area contributed by atoms with E-state index >= 15 is 0 Å². The summed E-state index contributed by atoms with van der Waals surface area (Å²) in [6, 6.07) is 6.32. The lowest BCUT2D eigenvalue weighted by molar-refractivity contribution is -0.139. The third-order valence-electron chi connectivity index (χ3n) is 6.14. The Balaban J connectivity index is 1.80. The first-order valence-electron chi connectivity index (χ1n) is 10.6. The van der Waals surface area contributed by atoms with Crippen LogP contribution in [0.1, 0.15) is 61.9 Å². The van der Waals surface area contributed by atoms with Crippen molar-refractivity contribution in [2.75, 3.05) is 0 Å². The van der Waals surface area contributed by atoms with Crippen molar-refractivity contribution < 1.29 is 9.90 Å². The number of carboxylic acids is 1. The molecule has 2 aliphatic rings. The van der Waals surface area contributed by atoms with Crippen molar-refractivity contribution in [3.63, 3.8) is 0 Å². The molecule has 0 saturated carbocycles. The van der Waals surface area contributed by atoms with Crippen molar-refractivity contribution in [1.29, 1.82) is 0 Å². The zero-order valence-electron chi connectivity index (χ0n) is 17.1. The van der Waals surface area contributed by atoms with Crippen LogP contribution in [0.25, 0.3) is 26.9 Å². The molecule has 2 aromatic heterocycles. The highest BCUT2D eigenvalue weighted by atomic mass is 32.2. The molecule has 4 nitrogen and oxygen atoms in total. The molecule has 0 spiro atoms. The summed E-state index contributed by atoms with van der Waals surface area (Å²) < 4.78 is 1.13. The number of aliphatic carboxylic acids is 1. The molecule has 1 aliphatic carbocycles. The van der Waals surface area contributed by atoms with Gasteiger partial charge in [-0.25, -0.2) is 4.98 Å². The van der Waals surface area contributed by atoms with E-state index < -0.39 is 11.9 Å². The smallest absolute Gasteiger partial charge is 0.311 e. The van der Waals surface area contributed by atoms with Gasteiger partial charge < -0.3 is 5.11 Å². The minimum absolute atomic E-state index is 0.441. The number of hydrogen-bond acceptors (Lipinski definition) is 5. The van der Waals surface area contributed by atoms with Crippen LogP contribution in [0.15, 0.2) is 34.7 Å². The first-order valence-corrected chi connectivity index (χ1v) is 12.3. The Morgan fingerprint density at radius 1 is 1.37 bits per heavy atom. The largest absolute Gasteiger partial charge is 0.481 e. The zero-order valence-corrected chi connectivity index (χ0v) is 18.8. The van der Waals surface area contributed by atoms with Gasteiger partial charge in [-0.05, 0) is 61.4 Å². The van der Waals surface area contributed by atoms with Gasteiger partial charge in [-0.1, -0.05) is 25.5 Å². The summed E-state index contributed by atoms with van der Waals surface area (Å²) >= 11 is 3.51. The lowest BCUT2D eigenvalue weighted by atomic mass is 9.85. The van der Waals surface area contributed by atoms with Gasteiger partial charge >= 0.3 is 5.97 Å². The van der Waals surface area contributed by atoms with Gasteiger partial charge in [0.1, 0.15) is 0 Å². The Hall–Kier alpha value is -2.18. The van der Waals surface area contributed by atoms with E-state index in [1.54, 1.807) is 11.3 Å². The first-order chi connectivity index (χ1) is 14.6. The molecule has 30 heavy (non-hydrogen) atoms. The molecule has 0 radical (unpaired) electrons. The number of carbonyl (C=O) groups is 1. The van der Waals surface area contributed by atoms with E-state index in [4.69, 9.17) is 4.98 Å². The van der Waals surface area contributed by atoms with Gasteiger partial charge in [0.05, 0.1) is 27.3 Å². The maximum atomic E-state index is 12.3. The summed E-state index contributed by atoms with van der Waals surface area (Å²) in [5, 5.41) is 10.5. The van der Waals surface area contributed by atoms with Gasteiger partial charge in [-0.15, -0.1) is 23.1 Å². The molecule has 0 saturated heterocycles. The lowest BCUT2D eigenvalue weighted by Crippen LogP contribution is -2.16. The molecule has 0 amide bonds. The van der Waals surface area contributed by atoms with Gasteiger partial charge in [-0.3, -0.25) is 9.78 Å². The number of rotatable bonds is 5. The van der Waals surface area contributed by atoms with E-state index in [2.05, 4.69) is 29.3 Å². The van der Waals surface area contributed by atoms with Crippen molar-refractivity contribution in [2.45, 2.75) is 62.0 Å². The van der Waals surface area contributed by atoms with Gasteiger partial charge in [-0.2, -0.15) is 0 Å². The molecule has 6 heteroatoms. The Labute approximate surface area is 184 Å². The number of benzene rings is 1. The summed E-state index contributed by atoms with van der Waals surface area (Å²) in [6.07, 6.45) is 7.24. The van der Waals surface area contributed by atoms with Crippen molar-refractivity contribution in [3.8, 4) is 11.1 Å². The van der Waals surface area contributed by atoms with Crippen LogP contribution in [0.5, 0.6) is 0 Å².